The van der Waals surface area contributed by atoms with Crippen molar-refractivity contribution >= 4 is 26.5 Å². The van der Waals surface area contributed by atoms with Crippen LogP contribution in [-0.2, 0) is 16.4 Å². The highest BCUT2D eigenvalue weighted by Crippen LogP contribution is 2.29. The third-order valence-corrected chi connectivity index (χ3v) is 7.92. The summed E-state index contributed by atoms with van der Waals surface area (Å²) < 4.78 is 40.1. The lowest BCUT2D eigenvalue weighted by Gasteiger charge is -2.33. The Kier molecular flexibility index (Phi) is 5.67. The zero-order chi connectivity index (χ0) is 20.4. The molecular formula is C21H22FN3O2S2. The number of benzene rings is 2. The summed E-state index contributed by atoms with van der Waals surface area (Å²) in [5, 5.41) is 2.94. The summed E-state index contributed by atoms with van der Waals surface area (Å²) in [6.45, 7) is 4.02. The fraction of sp³-hybridized carbons (Fsp3) is 0.286. The fourth-order valence-electron chi connectivity index (χ4n) is 3.33. The van der Waals surface area contributed by atoms with Gasteiger partial charge >= 0.3 is 0 Å². The first-order valence-electron chi connectivity index (χ1n) is 9.53. The maximum absolute atomic E-state index is 13.1. The van der Waals surface area contributed by atoms with Gasteiger partial charge in [-0.3, -0.25) is 0 Å². The first kappa shape index (κ1) is 20.0. The molecule has 5 nitrogen and oxygen atoms in total. The van der Waals surface area contributed by atoms with Gasteiger partial charge in [-0.2, -0.15) is 4.31 Å². The van der Waals surface area contributed by atoms with Gasteiger partial charge in [0.15, 0.2) is 5.13 Å². The quantitative estimate of drug-likeness (QED) is 0.612. The van der Waals surface area contributed by atoms with Crippen molar-refractivity contribution in [3.63, 3.8) is 0 Å². The standard InChI is InChI=1S/C21H22FN3O2S2/c1-2-16-3-5-17(6-4-16)20-15-28-21(23-20)24-11-13-25(14-12-24)29(26,27)19-9-7-18(22)8-10-19/h3-10,15H,2,11-14H2,1H3. The second kappa shape index (κ2) is 8.22. The van der Waals surface area contributed by atoms with Crippen molar-refractivity contribution in [2.75, 3.05) is 31.1 Å². The van der Waals surface area contributed by atoms with Gasteiger partial charge in [0.25, 0.3) is 0 Å². The highest BCUT2D eigenvalue weighted by atomic mass is 32.2. The van der Waals surface area contributed by atoms with Gasteiger partial charge < -0.3 is 4.90 Å². The zero-order valence-corrected chi connectivity index (χ0v) is 17.7. The lowest BCUT2D eigenvalue weighted by molar-refractivity contribution is 0.384. The number of aromatic nitrogens is 1. The molecule has 0 spiro atoms. The minimum Gasteiger partial charge on any atom is -0.345 e. The van der Waals surface area contributed by atoms with E-state index in [2.05, 4.69) is 36.1 Å². The molecule has 0 amide bonds. The van der Waals surface area contributed by atoms with Crippen molar-refractivity contribution in [2.45, 2.75) is 18.2 Å². The molecule has 4 rings (SSSR count). The van der Waals surface area contributed by atoms with Crippen molar-refractivity contribution in [2.24, 2.45) is 0 Å². The van der Waals surface area contributed by atoms with Crippen LogP contribution in [0, 0.1) is 5.82 Å². The number of sulfonamides is 1. The normalized spacial score (nSPS) is 15.6. The largest absolute Gasteiger partial charge is 0.345 e. The van der Waals surface area contributed by atoms with Crippen molar-refractivity contribution in [3.8, 4) is 11.3 Å². The van der Waals surface area contributed by atoms with E-state index in [1.54, 1.807) is 11.3 Å². The Morgan fingerprint density at radius 2 is 1.66 bits per heavy atom. The van der Waals surface area contributed by atoms with Crippen LogP contribution in [0.3, 0.4) is 0 Å². The number of rotatable bonds is 5. The lowest BCUT2D eigenvalue weighted by Crippen LogP contribution is -2.48. The van der Waals surface area contributed by atoms with Gasteiger partial charge in [-0.15, -0.1) is 11.3 Å². The van der Waals surface area contributed by atoms with Crippen molar-refractivity contribution in [1.82, 2.24) is 9.29 Å². The molecule has 0 N–H and O–H groups in total. The number of thiazole rings is 1. The van der Waals surface area contributed by atoms with Crippen molar-refractivity contribution in [1.29, 1.82) is 0 Å². The minimum atomic E-state index is -3.61. The van der Waals surface area contributed by atoms with E-state index in [1.807, 2.05) is 5.38 Å². The average molecular weight is 432 g/mol. The Hall–Kier alpha value is -2.29. The molecule has 1 aromatic heterocycles. The van der Waals surface area contributed by atoms with E-state index in [-0.39, 0.29) is 4.90 Å². The van der Waals surface area contributed by atoms with E-state index >= 15 is 0 Å². The molecule has 0 saturated carbocycles. The van der Waals surface area contributed by atoms with Crippen LogP contribution >= 0.6 is 11.3 Å². The summed E-state index contributed by atoms with van der Waals surface area (Å²) in [5.74, 6) is -0.447. The molecule has 2 heterocycles. The molecule has 0 aliphatic carbocycles. The second-order valence-corrected chi connectivity index (χ2v) is 9.69. The molecule has 1 fully saturated rings. The minimum absolute atomic E-state index is 0.124. The van der Waals surface area contributed by atoms with Crippen LogP contribution < -0.4 is 4.90 Å². The van der Waals surface area contributed by atoms with E-state index in [4.69, 9.17) is 4.98 Å². The molecule has 1 aliphatic heterocycles. The summed E-state index contributed by atoms with van der Waals surface area (Å²) >= 11 is 1.57. The molecule has 3 aromatic rings. The zero-order valence-electron chi connectivity index (χ0n) is 16.1. The van der Waals surface area contributed by atoms with Crippen molar-refractivity contribution in [3.05, 3.63) is 65.3 Å². The maximum Gasteiger partial charge on any atom is 0.243 e. The summed E-state index contributed by atoms with van der Waals surface area (Å²) in [6, 6.07) is 13.4. The van der Waals surface area contributed by atoms with Gasteiger partial charge in [0, 0.05) is 37.1 Å². The summed E-state index contributed by atoms with van der Waals surface area (Å²) in [4.78, 5) is 6.99. The van der Waals surface area contributed by atoms with Crippen LogP contribution in [0.5, 0.6) is 0 Å². The van der Waals surface area contributed by atoms with Gasteiger partial charge in [-0.25, -0.2) is 17.8 Å². The number of piperazine rings is 1. The number of nitrogens with zero attached hydrogens (tertiary/aromatic N) is 3. The van der Waals surface area contributed by atoms with E-state index in [0.29, 0.717) is 26.2 Å². The van der Waals surface area contributed by atoms with Gasteiger partial charge in [0.05, 0.1) is 10.6 Å². The topological polar surface area (TPSA) is 53.5 Å². The van der Waals surface area contributed by atoms with Gasteiger partial charge in [0.1, 0.15) is 5.82 Å². The number of halogens is 1. The highest BCUT2D eigenvalue weighted by Gasteiger charge is 2.29. The summed E-state index contributed by atoms with van der Waals surface area (Å²) in [6.07, 6.45) is 1.01. The molecule has 0 bridgehead atoms. The number of hydrogen-bond donors (Lipinski definition) is 0. The van der Waals surface area contributed by atoms with Crippen LogP contribution in [0.1, 0.15) is 12.5 Å². The highest BCUT2D eigenvalue weighted by molar-refractivity contribution is 7.89. The molecular weight excluding hydrogens is 409 g/mol. The van der Waals surface area contributed by atoms with E-state index in [1.165, 1.54) is 34.1 Å². The molecule has 1 aliphatic rings. The Morgan fingerprint density at radius 3 is 2.28 bits per heavy atom. The monoisotopic (exact) mass is 431 g/mol. The summed E-state index contributed by atoms with van der Waals surface area (Å²) in [7, 11) is -3.61. The molecule has 29 heavy (non-hydrogen) atoms. The molecule has 152 valence electrons. The predicted molar refractivity (Wildman–Crippen MR) is 114 cm³/mol. The number of anilines is 1. The molecule has 0 unspecified atom stereocenters. The molecule has 0 radical (unpaired) electrons. The fourth-order valence-corrected chi connectivity index (χ4v) is 5.64. The maximum atomic E-state index is 13.1. The first-order chi connectivity index (χ1) is 14.0. The van der Waals surface area contributed by atoms with Crippen LogP contribution in [0.2, 0.25) is 0 Å². The molecule has 1 saturated heterocycles. The number of hydrogen-bond acceptors (Lipinski definition) is 5. The Labute approximate surface area is 174 Å². The van der Waals surface area contributed by atoms with Crippen molar-refractivity contribution < 1.29 is 12.8 Å². The Bertz CT molecular complexity index is 1070. The van der Waals surface area contributed by atoms with Crippen LogP contribution in [0.15, 0.2) is 58.8 Å². The molecule has 8 heteroatoms. The first-order valence-corrected chi connectivity index (χ1v) is 11.8. The second-order valence-electron chi connectivity index (χ2n) is 6.91. The summed E-state index contributed by atoms with van der Waals surface area (Å²) in [5.41, 5.74) is 3.32. The molecule has 0 atom stereocenters. The Balaban J connectivity index is 1.43. The van der Waals surface area contributed by atoms with E-state index < -0.39 is 15.8 Å². The predicted octanol–water partition coefficient (Wildman–Crippen LogP) is 4.02. The van der Waals surface area contributed by atoms with Gasteiger partial charge in [-0.1, -0.05) is 31.2 Å². The smallest absolute Gasteiger partial charge is 0.243 e. The third-order valence-electron chi connectivity index (χ3n) is 5.11. The SMILES string of the molecule is CCc1ccc(-c2csc(N3CCN(S(=O)(=O)c4ccc(F)cc4)CC3)n2)cc1. The van der Waals surface area contributed by atoms with Gasteiger partial charge in [-0.05, 0) is 36.2 Å². The number of aryl methyl sites for hydroxylation is 1. The molecule has 2 aromatic carbocycles. The van der Waals surface area contributed by atoms with E-state index in [9.17, 15) is 12.8 Å². The van der Waals surface area contributed by atoms with Crippen LogP contribution in [0.25, 0.3) is 11.3 Å². The lowest BCUT2D eigenvalue weighted by atomic mass is 10.1. The van der Waals surface area contributed by atoms with Gasteiger partial charge in [0.2, 0.25) is 10.0 Å². The Morgan fingerprint density at radius 1 is 1.00 bits per heavy atom. The van der Waals surface area contributed by atoms with E-state index in [0.717, 1.165) is 22.8 Å². The average Bonchev–Trinajstić information content (AvgIpc) is 3.24. The third kappa shape index (κ3) is 4.19. The van der Waals surface area contributed by atoms with Crippen LogP contribution in [0.4, 0.5) is 9.52 Å². The van der Waals surface area contributed by atoms with Crippen LogP contribution in [-0.4, -0.2) is 43.9 Å².